The molecule has 0 radical (unpaired) electrons. The van der Waals surface area contributed by atoms with E-state index in [1.165, 1.54) is 11.1 Å². The van der Waals surface area contributed by atoms with E-state index >= 15 is 0 Å². The largest absolute Gasteiger partial charge is 0.491 e. The van der Waals surface area contributed by atoms with Crippen molar-refractivity contribution in [2.24, 2.45) is 0 Å². The molecule has 1 fully saturated rings. The van der Waals surface area contributed by atoms with Gasteiger partial charge in [0, 0.05) is 39.3 Å². The fourth-order valence-electron chi connectivity index (χ4n) is 4.16. The van der Waals surface area contributed by atoms with Crippen LogP contribution < -0.4 is 4.74 Å². The highest BCUT2D eigenvalue weighted by atomic mass is 16.5. The van der Waals surface area contributed by atoms with E-state index in [2.05, 4.69) is 74.1 Å². The third-order valence-electron chi connectivity index (χ3n) is 6.01. The van der Waals surface area contributed by atoms with Gasteiger partial charge in [0.2, 0.25) is 0 Å². The van der Waals surface area contributed by atoms with Crippen molar-refractivity contribution in [2.45, 2.75) is 13.5 Å². The molecule has 1 aliphatic rings. The van der Waals surface area contributed by atoms with Crippen LogP contribution >= 0.6 is 0 Å². The first kappa shape index (κ1) is 20.7. The number of H-pyrrole nitrogens is 1. The fourth-order valence-corrected chi connectivity index (χ4v) is 4.16. The van der Waals surface area contributed by atoms with Crippen LogP contribution in [0, 0.1) is 6.92 Å². The Balaban J connectivity index is 1.08. The maximum atomic E-state index is 5.95. The number of nitrogens with zero attached hydrogens (tertiary/aromatic N) is 4. The van der Waals surface area contributed by atoms with Crippen molar-refractivity contribution in [3.63, 3.8) is 0 Å². The van der Waals surface area contributed by atoms with E-state index in [-0.39, 0.29) is 0 Å². The minimum atomic E-state index is 0.670. The molecule has 0 amide bonds. The fraction of sp³-hybridized carbons (Fsp3) is 0.308. The van der Waals surface area contributed by atoms with E-state index in [9.17, 15) is 0 Å². The van der Waals surface area contributed by atoms with Crippen molar-refractivity contribution < 1.29 is 4.74 Å². The summed E-state index contributed by atoms with van der Waals surface area (Å²) in [4.78, 5) is 17.5. The minimum absolute atomic E-state index is 0.670. The molecule has 32 heavy (non-hydrogen) atoms. The Labute approximate surface area is 188 Å². The van der Waals surface area contributed by atoms with Crippen LogP contribution in [0.25, 0.3) is 22.6 Å². The van der Waals surface area contributed by atoms with Gasteiger partial charge >= 0.3 is 0 Å². The van der Waals surface area contributed by atoms with Gasteiger partial charge in [-0.1, -0.05) is 36.4 Å². The number of aromatic nitrogens is 3. The number of imidazole rings is 1. The van der Waals surface area contributed by atoms with Crippen molar-refractivity contribution in [1.82, 2.24) is 24.8 Å². The van der Waals surface area contributed by atoms with E-state index in [1.807, 2.05) is 18.2 Å². The zero-order valence-electron chi connectivity index (χ0n) is 18.5. The molecular weight excluding hydrogens is 398 g/mol. The van der Waals surface area contributed by atoms with Gasteiger partial charge in [-0.3, -0.25) is 9.80 Å². The van der Waals surface area contributed by atoms with Crippen LogP contribution in [0.1, 0.15) is 11.1 Å². The van der Waals surface area contributed by atoms with Gasteiger partial charge in [0.25, 0.3) is 0 Å². The number of fused-ring (bicyclic) bond motifs is 1. The van der Waals surface area contributed by atoms with Gasteiger partial charge in [-0.2, -0.15) is 0 Å². The van der Waals surface area contributed by atoms with Crippen LogP contribution in [0.4, 0.5) is 0 Å². The normalized spacial score (nSPS) is 15.3. The standard InChI is InChI=1S/C26H29N5O/c1-20-7-9-23-25(17-20)29-26(28-23)24-10-8-22(18-27-24)32-16-15-30-11-13-31(14-12-30)19-21-5-3-2-4-6-21/h2-10,17-18H,11-16,19H2,1H3,(H,28,29). The summed E-state index contributed by atoms with van der Waals surface area (Å²) in [5.41, 5.74) is 5.41. The van der Waals surface area contributed by atoms with Gasteiger partial charge in [0.15, 0.2) is 5.82 Å². The SMILES string of the molecule is Cc1ccc2nc(-c3ccc(OCCN4CCN(Cc5ccccc5)CC4)cn3)[nH]c2c1. The van der Waals surface area contributed by atoms with Gasteiger partial charge in [-0.25, -0.2) is 9.97 Å². The first-order chi connectivity index (χ1) is 15.7. The Bertz CT molecular complexity index is 1150. The third kappa shape index (κ3) is 4.98. The lowest BCUT2D eigenvalue weighted by Gasteiger charge is -2.34. The molecule has 0 aliphatic carbocycles. The summed E-state index contributed by atoms with van der Waals surface area (Å²) in [6.07, 6.45) is 1.78. The summed E-state index contributed by atoms with van der Waals surface area (Å²) in [7, 11) is 0. The number of nitrogens with one attached hydrogen (secondary N) is 1. The molecule has 1 N–H and O–H groups in total. The number of pyridine rings is 1. The average molecular weight is 428 g/mol. The van der Waals surface area contributed by atoms with Crippen molar-refractivity contribution >= 4 is 11.0 Å². The Morgan fingerprint density at radius 2 is 1.75 bits per heavy atom. The second-order valence-corrected chi connectivity index (χ2v) is 8.44. The van der Waals surface area contributed by atoms with Crippen LogP contribution in [-0.2, 0) is 6.54 Å². The van der Waals surface area contributed by atoms with Gasteiger partial charge in [0.1, 0.15) is 18.1 Å². The molecule has 4 aromatic rings. The van der Waals surface area contributed by atoms with Crippen molar-refractivity contribution in [1.29, 1.82) is 0 Å². The summed E-state index contributed by atoms with van der Waals surface area (Å²) in [6.45, 7) is 9.08. The molecule has 1 aliphatic heterocycles. The second kappa shape index (κ2) is 9.51. The number of aromatic amines is 1. The number of hydrogen-bond acceptors (Lipinski definition) is 5. The lowest BCUT2D eigenvalue weighted by Crippen LogP contribution is -2.47. The van der Waals surface area contributed by atoms with Crippen LogP contribution in [0.2, 0.25) is 0 Å². The molecule has 0 unspecified atom stereocenters. The molecule has 1 saturated heterocycles. The van der Waals surface area contributed by atoms with Crippen LogP contribution in [0.5, 0.6) is 5.75 Å². The topological polar surface area (TPSA) is 57.3 Å². The van der Waals surface area contributed by atoms with Gasteiger partial charge in [0.05, 0.1) is 17.2 Å². The van der Waals surface area contributed by atoms with Crippen LogP contribution in [0.15, 0.2) is 66.9 Å². The number of hydrogen-bond donors (Lipinski definition) is 1. The molecule has 0 bridgehead atoms. The van der Waals surface area contributed by atoms with Gasteiger partial charge in [-0.05, 0) is 42.3 Å². The van der Waals surface area contributed by atoms with Crippen molar-refractivity contribution in [2.75, 3.05) is 39.3 Å². The van der Waals surface area contributed by atoms with Gasteiger partial charge in [-0.15, -0.1) is 0 Å². The molecule has 164 valence electrons. The maximum Gasteiger partial charge on any atom is 0.157 e. The molecule has 6 nitrogen and oxygen atoms in total. The number of benzene rings is 2. The Morgan fingerprint density at radius 1 is 0.938 bits per heavy atom. The Kier molecular flexibility index (Phi) is 6.14. The molecule has 3 heterocycles. The first-order valence-electron chi connectivity index (χ1n) is 11.3. The highest BCUT2D eigenvalue weighted by molar-refractivity contribution is 5.79. The molecule has 0 saturated carbocycles. The molecule has 0 spiro atoms. The van der Waals surface area contributed by atoms with Crippen molar-refractivity contribution in [3.8, 4) is 17.3 Å². The van der Waals surface area contributed by atoms with Gasteiger partial charge < -0.3 is 9.72 Å². The lowest BCUT2D eigenvalue weighted by molar-refractivity contribution is 0.112. The molecule has 0 atom stereocenters. The van der Waals surface area contributed by atoms with Crippen molar-refractivity contribution in [3.05, 3.63) is 78.0 Å². The van der Waals surface area contributed by atoms with E-state index in [0.29, 0.717) is 6.61 Å². The van der Waals surface area contributed by atoms with E-state index in [1.54, 1.807) is 6.20 Å². The highest BCUT2D eigenvalue weighted by Crippen LogP contribution is 2.21. The smallest absolute Gasteiger partial charge is 0.157 e. The number of ether oxygens (including phenoxy) is 1. The van der Waals surface area contributed by atoms with E-state index in [0.717, 1.165) is 67.6 Å². The number of aryl methyl sites for hydroxylation is 1. The third-order valence-corrected chi connectivity index (χ3v) is 6.01. The zero-order chi connectivity index (χ0) is 21.8. The molecule has 6 heteroatoms. The second-order valence-electron chi connectivity index (χ2n) is 8.44. The predicted molar refractivity (Wildman–Crippen MR) is 128 cm³/mol. The molecule has 2 aromatic heterocycles. The van der Waals surface area contributed by atoms with E-state index < -0.39 is 0 Å². The molecular formula is C26H29N5O. The van der Waals surface area contributed by atoms with Crippen LogP contribution in [-0.4, -0.2) is 64.1 Å². The average Bonchev–Trinajstić information content (AvgIpc) is 3.25. The highest BCUT2D eigenvalue weighted by Gasteiger charge is 2.16. The monoisotopic (exact) mass is 427 g/mol. The quantitative estimate of drug-likeness (QED) is 0.481. The first-order valence-corrected chi connectivity index (χ1v) is 11.3. The summed E-state index contributed by atoms with van der Waals surface area (Å²) < 4.78 is 5.95. The summed E-state index contributed by atoms with van der Waals surface area (Å²) in [6, 6.07) is 20.8. The molecule has 2 aromatic carbocycles. The number of piperazine rings is 1. The maximum absolute atomic E-state index is 5.95. The Morgan fingerprint density at radius 3 is 2.53 bits per heavy atom. The zero-order valence-corrected chi connectivity index (χ0v) is 18.5. The lowest BCUT2D eigenvalue weighted by atomic mass is 10.2. The summed E-state index contributed by atoms with van der Waals surface area (Å²) >= 11 is 0. The van der Waals surface area contributed by atoms with E-state index in [4.69, 9.17) is 4.74 Å². The van der Waals surface area contributed by atoms with Crippen LogP contribution in [0.3, 0.4) is 0 Å². The predicted octanol–water partition coefficient (Wildman–Crippen LogP) is 4.13. The Hall–Kier alpha value is -3.22. The minimum Gasteiger partial charge on any atom is -0.491 e. The molecule has 5 rings (SSSR count). The summed E-state index contributed by atoms with van der Waals surface area (Å²) in [5.74, 6) is 1.58. The number of rotatable bonds is 7. The summed E-state index contributed by atoms with van der Waals surface area (Å²) in [5, 5.41) is 0.